The molecule has 2 rings (SSSR count). The molecule has 0 aliphatic rings. The Balaban J connectivity index is 2.16. The summed E-state index contributed by atoms with van der Waals surface area (Å²) in [5.41, 5.74) is 1.32. The number of carbonyl (C=O) groups excluding carboxylic acids is 1. The SMILES string of the molecule is CCCCCCC(=O)c1oc2ccc(F)cc2c1C. The fraction of sp³-hybridized carbons (Fsp3) is 0.438. The molecule has 0 saturated carbocycles. The van der Waals surface area contributed by atoms with Gasteiger partial charge < -0.3 is 4.42 Å². The summed E-state index contributed by atoms with van der Waals surface area (Å²) in [6, 6.07) is 4.34. The number of ketones is 1. The Bertz CT molecular complexity index is 584. The molecule has 0 N–H and O–H groups in total. The van der Waals surface area contributed by atoms with E-state index in [1.165, 1.54) is 12.1 Å². The predicted octanol–water partition coefficient (Wildman–Crippen LogP) is 5.03. The molecule has 2 nitrogen and oxygen atoms in total. The van der Waals surface area contributed by atoms with Crippen LogP contribution in [0.15, 0.2) is 22.6 Å². The number of carbonyl (C=O) groups is 1. The van der Waals surface area contributed by atoms with Crippen LogP contribution in [-0.2, 0) is 0 Å². The average molecular weight is 262 g/mol. The lowest BCUT2D eigenvalue weighted by atomic mass is 10.1. The summed E-state index contributed by atoms with van der Waals surface area (Å²) in [4.78, 5) is 12.1. The van der Waals surface area contributed by atoms with Gasteiger partial charge in [-0.2, -0.15) is 0 Å². The molecule has 1 heterocycles. The Morgan fingerprint density at radius 3 is 2.79 bits per heavy atom. The van der Waals surface area contributed by atoms with Gasteiger partial charge in [0.15, 0.2) is 11.5 Å². The minimum atomic E-state index is -0.307. The lowest BCUT2D eigenvalue weighted by Crippen LogP contribution is -1.99. The summed E-state index contributed by atoms with van der Waals surface area (Å²) in [5, 5.41) is 0.692. The summed E-state index contributed by atoms with van der Waals surface area (Å²) < 4.78 is 18.7. The average Bonchev–Trinajstić information content (AvgIpc) is 2.72. The van der Waals surface area contributed by atoms with Crippen LogP contribution in [0.25, 0.3) is 11.0 Å². The number of unbranched alkanes of at least 4 members (excludes halogenated alkanes) is 3. The van der Waals surface area contributed by atoms with Crippen LogP contribution in [0.2, 0.25) is 0 Å². The maximum absolute atomic E-state index is 13.2. The molecule has 1 aromatic heterocycles. The molecule has 0 atom stereocenters. The molecule has 1 aromatic carbocycles. The third-order valence-corrected chi connectivity index (χ3v) is 3.41. The first-order chi connectivity index (χ1) is 9.13. The molecule has 0 radical (unpaired) electrons. The Kier molecular flexibility index (Phi) is 4.35. The molecule has 0 aliphatic carbocycles. The smallest absolute Gasteiger partial charge is 0.198 e. The Morgan fingerprint density at radius 1 is 1.26 bits per heavy atom. The van der Waals surface area contributed by atoms with Crippen LogP contribution in [0.4, 0.5) is 4.39 Å². The van der Waals surface area contributed by atoms with Crippen LogP contribution in [0.5, 0.6) is 0 Å². The Labute approximate surface area is 112 Å². The van der Waals surface area contributed by atoms with Crippen LogP contribution in [0, 0.1) is 12.7 Å². The number of benzene rings is 1. The van der Waals surface area contributed by atoms with E-state index in [-0.39, 0.29) is 11.6 Å². The van der Waals surface area contributed by atoms with Crippen molar-refractivity contribution in [1.29, 1.82) is 0 Å². The first-order valence-corrected chi connectivity index (χ1v) is 6.85. The van der Waals surface area contributed by atoms with Gasteiger partial charge in [0.05, 0.1) is 0 Å². The van der Waals surface area contributed by atoms with Crippen LogP contribution in [0.1, 0.15) is 55.1 Å². The maximum Gasteiger partial charge on any atom is 0.198 e. The minimum Gasteiger partial charge on any atom is -0.453 e. The first-order valence-electron chi connectivity index (χ1n) is 6.85. The normalized spacial score (nSPS) is 11.1. The van der Waals surface area contributed by atoms with E-state index in [1.807, 2.05) is 6.92 Å². The van der Waals surface area contributed by atoms with Crippen molar-refractivity contribution >= 4 is 16.8 Å². The molecule has 0 spiro atoms. The number of halogens is 1. The van der Waals surface area contributed by atoms with E-state index in [1.54, 1.807) is 6.07 Å². The molecule has 0 unspecified atom stereocenters. The molecule has 0 saturated heterocycles. The number of hydrogen-bond acceptors (Lipinski definition) is 2. The fourth-order valence-electron chi connectivity index (χ4n) is 2.28. The Hall–Kier alpha value is -1.64. The first kappa shape index (κ1) is 13.8. The van der Waals surface area contributed by atoms with Gasteiger partial charge in [0.1, 0.15) is 11.4 Å². The van der Waals surface area contributed by atoms with Gasteiger partial charge >= 0.3 is 0 Å². The van der Waals surface area contributed by atoms with E-state index in [2.05, 4.69) is 6.92 Å². The van der Waals surface area contributed by atoms with Crippen LogP contribution in [0.3, 0.4) is 0 Å². The number of furan rings is 1. The number of hydrogen-bond donors (Lipinski definition) is 0. The van der Waals surface area contributed by atoms with E-state index in [9.17, 15) is 9.18 Å². The summed E-state index contributed by atoms with van der Waals surface area (Å²) in [7, 11) is 0. The lowest BCUT2D eigenvalue weighted by molar-refractivity contribution is 0.0953. The second-order valence-electron chi connectivity index (χ2n) is 4.93. The summed E-state index contributed by atoms with van der Waals surface area (Å²) in [5.74, 6) is 0.0978. The molecule has 0 amide bonds. The highest BCUT2D eigenvalue weighted by molar-refractivity contribution is 6.00. The topological polar surface area (TPSA) is 30.2 Å². The van der Waals surface area contributed by atoms with Crippen molar-refractivity contribution in [2.24, 2.45) is 0 Å². The van der Waals surface area contributed by atoms with Crippen molar-refractivity contribution in [2.45, 2.75) is 46.0 Å². The van der Waals surface area contributed by atoms with Gasteiger partial charge in [-0.15, -0.1) is 0 Å². The highest BCUT2D eigenvalue weighted by Crippen LogP contribution is 2.27. The van der Waals surface area contributed by atoms with E-state index in [4.69, 9.17) is 4.42 Å². The highest BCUT2D eigenvalue weighted by atomic mass is 19.1. The quantitative estimate of drug-likeness (QED) is 0.539. The predicted molar refractivity (Wildman–Crippen MR) is 74.0 cm³/mol. The third kappa shape index (κ3) is 3.03. The van der Waals surface area contributed by atoms with E-state index >= 15 is 0 Å². The van der Waals surface area contributed by atoms with Crippen LogP contribution < -0.4 is 0 Å². The van der Waals surface area contributed by atoms with Crippen LogP contribution in [-0.4, -0.2) is 5.78 Å². The van der Waals surface area contributed by atoms with Gasteiger partial charge in [-0.05, 0) is 31.5 Å². The van der Waals surface area contributed by atoms with Crippen molar-refractivity contribution < 1.29 is 13.6 Å². The van der Waals surface area contributed by atoms with Crippen LogP contribution >= 0.6 is 0 Å². The van der Waals surface area contributed by atoms with E-state index < -0.39 is 0 Å². The zero-order valence-corrected chi connectivity index (χ0v) is 11.5. The minimum absolute atomic E-state index is 0.0187. The molecule has 2 aromatic rings. The Morgan fingerprint density at radius 2 is 2.05 bits per heavy atom. The molecular formula is C16H19FO2. The van der Waals surface area contributed by atoms with E-state index in [0.717, 1.165) is 31.2 Å². The molecular weight excluding hydrogens is 243 g/mol. The zero-order valence-electron chi connectivity index (χ0n) is 11.5. The standard InChI is InChI=1S/C16H19FO2/c1-3-4-5-6-7-14(18)16-11(2)13-10-12(17)8-9-15(13)19-16/h8-10H,3-7H2,1-2H3. The number of Topliss-reactive ketones (excluding diaryl/α,β-unsaturated/α-hetero) is 1. The largest absolute Gasteiger partial charge is 0.453 e. The number of fused-ring (bicyclic) bond motifs is 1. The zero-order chi connectivity index (χ0) is 13.8. The highest BCUT2D eigenvalue weighted by Gasteiger charge is 2.17. The van der Waals surface area contributed by atoms with Crippen molar-refractivity contribution in [3.8, 4) is 0 Å². The van der Waals surface area contributed by atoms with Gasteiger partial charge in [-0.25, -0.2) is 4.39 Å². The molecule has 102 valence electrons. The third-order valence-electron chi connectivity index (χ3n) is 3.41. The summed E-state index contributed by atoms with van der Waals surface area (Å²) in [6.07, 6.45) is 4.76. The molecule has 0 fully saturated rings. The lowest BCUT2D eigenvalue weighted by Gasteiger charge is -1.98. The summed E-state index contributed by atoms with van der Waals surface area (Å²) in [6.45, 7) is 3.95. The molecule has 0 aliphatic heterocycles. The van der Waals surface area contributed by atoms with E-state index in [0.29, 0.717) is 23.2 Å². The van der Waals surface area contributed by atoms with Gasteiger partial charge in [0.25, 0.3) is 0 Å². The molecule has 0 bridgehead atoms. The second kappa shape index (κ2) is 6.00. The van der Waals surface area contributed by atoms with Crippen molar-refractivity contribution in [2.75, 3.05) is 0 Å². The molecule has 19 heavy (non-hydrogen) atoms. The fourth-order valence-corrected chi connectivity index (χ4v) is 2.28. The van der Waals surface area contributed by atoms with Crippen molar-refractivity contribution in [1.82, 2.24) is 0 Å². The number of rotatable bonds is 6. The van der Waals surface area contributed by atoms with Gasteiger partial charge in [0.2, 0.25) is 0 Å². The van der Waals surface area contributed by atoms with Crippen molar-refractivity contribution in [3.63, 3.8) is 0 Å². The monoisotopic (exact) mass is 262 g/mol. The summed E-state index contributed by atoms with van der Waals surface area (Å²) >= 11 is 0. The van der Waals surface area contributed by atoms with Gasteiger partial charge in [-0.1, -0.05) is 26.2 Å². The van der Waals surface area contributed by atoms with Gasteiger partial charge in [-0.3, -0.25) is 4.79 Å². The maximum atomic E-state index is 13.2. The number of aryl methyl sites for hydroxylation is 1. The van der Waals surface area contributed by atoms with Gasteiger partial charge in [0, 0.05) is 17.4 Å². The second-order valence-corrected chi connectivity index (χ2v) is 4.93. The molecule has 3 heteroatoms. The van der Waals surface area contributed by atoms with Crippen molar-refractivity contribution in [3.05, 3.63) is 35.3 Å².